The van der Waals surface area contributed by atoms with Gasteiger partial charge >= 0.3 is 0 Å². The molecule has 1 aliphatic carbocycles. The van der Waals surface area contributed by atoms with E-state index in [2.05, 4.69) is 26.0 Å². The summed E-state index contributed by atoms with van der Waals surface area (Å²) in [5, 5.41) is 3.09. The van der Waals surface area contributed by atoms with Crippen LogP contribution < -0.4 is 10.0 Å². The van der Waals surface area contributed by atoms with E-state index in [1.807, 2.05) is 0 Å². The van der Waals surface area contributed by atoms with Gasteiger partial charge in [0.2, 0.25) is 10.0 Å². The highest BCUT2D eigenvalue weighted by atomic mass is 79.9. The van der Waals surface area contributed by atoms with Gasteiger partial charge in [0.1, 0.15) is 0 Å². The van der Waals surface area contributed by atoms with E-state index >= 15 is 0 Å². The number of hydrogen-bond acceptors (Lipinski definition) is 3. The van der Waals surface area contributed by atoms with Crippen LogP contribution in [0, 0.1) is 0 Å². The van der Waals surface area contributed by atoms with Crippen LogP contribution in [0.5, 0.6) is 0 Å². The second-order valence-electron chi connectivity index (χ2n) is 8.01. The van der Waals surface area contributed by atoms with Gasteiger partial charge < -0.3 is 5.32 Å². The molecule has 0 saturated heterocycles. The first kappa shape index (κ1) is 21.4. The third kappa shape index (κ3) is 6.35. The minimum Gasteiger partial charge on any atom is -0.349 e. The van der Waals surface area contributed by atoms with Crippen LogP contribution in [0.25, 0.3) is 0 Å². The molecule has 1 aliphatic rings. The molecule has 0 heterocycles. The molecule has 0 atom stereocenters. The Balaban J connectivity index is 2.19. The number of hydrogen-bond donors (Lipinski definition) is 2. The van der Waals surface area contributed by atoms with Crippen LogP contribution in [0.2, 0.25) is 0 Å². The van der Waals surface area contributed by atoms with Gasteiger partial charge in [-0.15, -0.1) is 0 Å². The third-order valence-electron chi connectivity index (χ3n) is 4.37. The summed E-state index contributed by atoms with van der Waals surface area (Å²) in [6.45, 7) is 5.35. The Kier molecular flexibility index (Phi) is 7.27. The van der Waals surface area contributed by atoms with Gasteiger partial charge in [0.25, 0.3) is 5.91 Å². The second-order valence-corrected chi connectivity index (χ2v) is 10.5. The average Bonchev–Trinajstić information content (AvgIpc) is 2.47. The molecule has 1 aromatic carbocycles. The van der Waals surface area contributed by atoms with Crippen molar-refractivity contribution in [2.75, 3.05) is 0 Å². The highest BCUT2D eigenvalue weighted by molar-refractivity contribution is 9.10. The molecule has 0 bridgehead atoms. The number of carbonyl (C=O) groups excluding carboxylic acids is 1. The molecule has 0 unspecified atom stereocenters. The van der Waals surface area contributed by atoms with E-state index in [1.54, 1.807) is 26.8 Å². The van der Waals surface area contributed by atoms with Crippen molar-refractivity contribution in [3.05, 3.63) is 28.2 Å². The second kappa shape index (κ2) is 8.85. The molecule has 0 aromatic heterocycles. The lowest BCUT2D eigenvalue weighted by Crippen LogP contribution is -2.40. The summed E-state index contributed by atoms with van der Waals surface area (Å²) in [5.41, 5.74) is -0.239. The molecule has 1 saturated carbocycles. The minimum atomic E-state index is -3.69. The molecule has 5 nitrogen and oxygen atoms in total. The topological polar surface area (TPSA) is 75.3 Å². The molecule has 2 rings (SSSR count). The van der Waals surface area contributed by atoms with E-state index in [9.17, 15) is 13.2 Å². The van der Waals surface area contributed by atoms with Crippen molar-refractivity contribution < 1.29 is 13.2 Å². The zero-order valence-corrected chi connectivity index (χ0v) is 18.2. The molecular weight excluding hydrogens is 416 g/mol. The number of nitrogens with one attached hydrogen (secondary N) is 2. The Morgan fingerprint density at radius 3 is 2.23 bits per heavy atom. The number of rotatable bonds is 4. The number of amides is 1. The van der Waals surface area contributed by atoms with Crippen LogP contribution in [0.3, 0.4) is 0 Å². The van der Waals surface area contributed by atoms with Crippen LogP contribution in [-0.2, 0) is 10.0 Å². The quantitative estimate of drug-likeness (QED) is 0.723. The Hall–Kier alpha value is -0.920. The number of benzene rings is 1. The van der Waals surface area contributed by atoms with E-state index in [0.717, 1.165) is 25.7 Å². The number of sulfonamides is 1. The molecule has 26 heavy (non-hydrogen) atoms. The lowest BCUT2D eigenvalue weighted by atomic mass is 9.96. The largest absolute Gasteiger partial charge is 0.349 e. The van der Waals surface area contributed by atoms with Crippen molar-refractivity contribution in [3.63, 3.8) is 0 Å². The molecule has 7 heteroatoms. The lowest BCUT2D eigenvalue weighted by molar-refractivity contribution is 0.0929. The summed E-state index contributed by atoms with van der Waals surface area (Å²) in [5.74, 6) is -0.227. The highest BCUT2D eigenvalue weighted by Gasteiger charge is 2.24. The van der Waals surface area contributed by atoms with Gasteiger partial charge in [0.05, 0.1) is 10.5 Å². The molecule has 1 amide bonds. The van der Waals surface area contributed by atoms with Crippen LogP contribution in [-0.4, -0.2) is 25.9 Å². The van der Waals surface area contributed by atoms with Crippen LogP contribution in [0.1, 0.15) is 76.1 Å². The average molecular weight is 445 g/mol. The molecule has 0 aliphatic heterocycles. The normalized spacial score (nSPS) is 17.4. The summed E-state index contributed by atoms with van der Waals surface area (Å²) >= 11 is 3.38. The van der Waals surface area contributed by atoms with Crippen molar-refractivity contribution in [1.29, 1.82) is 0 Å². The minimum absolute atomic E-state index is 0.0958. The van der Waals surface area contributed by atoms with Crippen LogP contribution >= 0.6 is 15.9 Å². The van der Waals surface area contributed by atoms with E-state index in [-0.39, 0.29) is 16.8 Å². The molecule has 1 aromatic rings. The van der Waals surface area contributed by atoms with Crippen molar-refractivity contribution in [2.24, 2.45) is 0 Å². The SMILES string of the molecule is CC(C)(C)NS(=O)(=O)c1ccc(Br)c(C(=O)NC2CCCCCCC2)c1. The van der Waals surface area contributed by atoms with Gasteiger partial charge in [0, 0.05) is 16.1 Å². The molecular formula is C19H29BrN2O3S. The molecule has 0 spiro atoms. The van der Waals surface area contributed by atoms with Gasteiger partial charge in [0.15, 0.2) is 0 Å². The first-order valence-electron chi connectivity index (χ1n) is 9.23. The predicted octanol–water partition coefficient (Wildman–Crippen LogP) is 4.37. The fourth-order valence-electron chi connectivity index (χ4n) is 3.17. The van der Waals surface area contributed by atoms with Crippen molar-refractivity contribution in [3.8, 4) is 0 Å². The standard InChI is InChI=1S/C19H29BrN2O3S/c1-19(2,3)22-26(24,25)15-11-12-17(20)16(13-15)18(23)21-14-9-7-5-4-6-8-10-14/h11-14,22H,4-10H2,1-3H3,(H,21,23). The van der Waals surface area contributed by atoms with Gasteiger partial charge in [-0.3, -0.25) is 4.79 Å². The van der Waals surface area contributed by atoms with Crippen LogP contribution in [0.15, 0.2) is 27.6 Å². The first-order valence-corrected chi connectivity index (χ1v) is 11.5. The Bertz CT molecular complexity index is 734. The van der Waals surface area contributed by atoms with E-state index in [4.69, 9.17) is 0 Å². The highest BCUT2D eigenvalue weighted by Crippen LogP contribution is 2.23. The van der Waals surface area contributed by atoms with Gasteiger partial charge in [-0.25, -0.2) is 13.1 Å². The maximum Gasteiger partial charge on any atom is 0.252 e. The van der Waals surface area contributed by atoms with E-state index < -0.39 is 15.6 Å². The molecule has 0 radical (unpaired) electrons. The Morgan fingerprint density at radius 2 is 1.65 bits per heavy atom. The third-order valence-corrected chi connectivity index (χ3v) is 6.82. The smallest absolute Gasteiger partial charge is 0.252 e. The monoisotopic (exact) mass is 444 g/mol. The fraction of sp³-hybridized carbons (Fsp3) is 0.632. The summed E-state index contributed by atoms with van der Waals surface area (Å²) < 4.78 is 28.3. The maximum absolute atomic E-state index is 12.7. The summed E-state index contributed by atoms with van der Waals surface area (Å²) in [6.07, 6.45) is 7.89. The van der Waals surface area contributed by atoms with Crippen molar-refractivity contribution >= 4 is 31.9 Å². The van der Waals surface area contributed by atoms with Gasteiger partial charge in [-0.05, 0) is 67.7 Å². The molecule has 2 N–H and O–H groups in total. The Morgan fingerprint density at radius 1 is 1.08 bits per heavy atom. The maximum atomic E-state index is 12.7. The van der Waals surface area contributed by atoms with Gasteiger partial charge in [-0.1, -0.05) is 32.1 Å². The summed E-state index contributed by atoms with van der Waals surface area (Å²) in [6, 6.07) is 4.72. The van der Waals surface area contributed by atoms with E-state index in [1.165, 1.54) is 31.4 Å². The zero-order valence-electron chi connectivity index (χ0n) is 15.8. The van der Waals surface area contributed by atoms with Crippen molar-refractivity contribution in [1.82, 2.24) is 10.0 Å². The predicted molar refractivity (Wildman–Crippen MR) is 108 cm³/mol. The van der Waals surface area contributed by atoms with Crippen LogP contribution in [0.4, 0.5) is 0 Å². The van der Waals surface area contributed by atoms with Crippen molar-refractivity contribution in [2.45, 2.75) is 82.2 Å². The summed E-state index contributed by atoms with van der Waals surface area (Å²) in [4.78, 5) is 12.8. The fourth-order valence-corrected chi connectivity index (χ4v) is 5.04. The van der Waals surface area contributed by atoms with Gasteiger partial charge in [-0.2, -0.15) is 0 Å². The number of carbonyl (C=O) groups is 1. The lowest BCUT2D eigenvalue weighted by Gasteiger charge is -2.22. The first-order chi connectivity index (χ1) is 12.1. The zero-order chi connectivity index (χ0) is 19.4. The Labute approximate surface area is 165 Å². The summed E-state index contributed by atoms with van der Waals surface area (Å²) in [7, 11) is -3.69. The van der Waals surface area contributed by atoms with E-state index in [0.29, 0.717) is 10.0 Å². The molecule has 1 fully saturated rings. The molecule has 146 valence electrons. The number of halogens is 1.